The van der Waals surface area contributed by atoms with Gasteiger partial charge in [-0.05, 0) is 74.0 Å². The van der Waals surface area contributed by atoms with Gasteiger partial charge in [-0.2, -0.15) is 0 Å². The van der Waals surface area contributed by atoms with Crippen molar-refractivity contribution in [3.63, 3.8) is 0 Å². The van der Waals surface area contributed by atoms with Crippen LogP contribution in [-0.4, -0.2) is 30.0 Å². The van der Waals surface area contributed by atoms with E-state index < -0.39 is 6.10 Å². The number of benzene rings is 2. The first kappa shape index (κ1) is 22.4. The highest BCUT2D eigenvalue weighted by atomic mass is 16.5. The van der Waals surface area contributed by atoms with Crippen LogP contribution in [0.2, 0.25) is 0 Å². The third kappa shape index (κ3) is 6.33. The second-order valence-electron chi connectivity index (χ2n) is 8.83. The van der Waals surface area contributed by atoms with E-state index in [2.05, 4.69) is 60.5 Å². The highest BCUT2D eigenvalue weighted by molar-refractivity contribution is 5.80. The van der Waals surface area contributed by atoms with Crippen molar-refractivity contribution >= 4 is 5.91 Å². The lowest BCUT2D eigenvalue weighted by Crippen LogP contribution is -2.36. The van der Waals surface area contributed by atoms with E-state index in [4.69, 9.17) is 4.74 Å². The maximum absolute atomic E-state index is 12.6. The second kappa shape index (κ2) is 10.6. The molecule has 0 radical (unpaired) electrons. The topological polar surface area (TPSA) is 41.6 Å². The minimum atomic E-state index is -0.539. The zero-order valence-electron chi connectivity index (χ0n) is 18.9. The predicted molar refractivity (Wildman–Crippen MR) is 123 cm³/mol. The van der Waals surface area contributed by atoms with Crippen LogP contribution in [0.5, 0.6) is 5.75 Å². The lowest BCUT2D eigenvalue weighted by molar-refractivity contribution is -0.127. The maximum atomic E-state index is 12.6. The lowest BCUT2D eigenvalue weighted by atomic mass is 10.0. The summed E-state index contributed by atoms with van der Waals surface area (Å²) in [4.78, 5) is 15.1. The van der Waals surface area contributed by atoms with Crippen LogP contribution in [0.15, 0.2) is 42.5 Å². The molecule has 1 amide bonds. The number of aryl methyl sites for hydroxylation is 1. The van der Waals surface area contributed by atoms with Gasteiger partial charge in [-0.3, -0.25) is 9.69 Å². The molecule has 1 N–H and O–H groups in total. The molecule has 1 heterocycles. The number of nitrogens with zero attached hydrogens (tertiary/aromatic N) is 1. The molecular weight excluding hydrogens is 372 g/mol. The van der Waals surface area contributed by atoms with Crippen molar-refractivity contribution < 1.29 is 9.53 Å². The molecule has 1 atom stereocenters. The highest BCUT2D eigenvalue weighted by Crippen LogP contribution is 2.28. The fraction of sp³-hybridized carbons (Fsp3) is 0.500. The molecule has 0 aliphatic carbocycles. The number of nitrogens with one attached hydrogen (secondary N) is 1. The molecule has 1 saturated heterocycles. The molecule has 1 aliphatic rings. The van der Waals surface area contributed by atoms with Gasteiger partial charge in [-0.1, -0.05) is 56.7 Å². The Balaban J connectivity index is 1.50. The Kier molecular flexibility index (Phi) is 7.92. The van der Waals surface area contributed by atoms with Crippen molar-refractivity contribution in [2.45, 2.75) is 72.1 Å². The van der Waals surface area contributed by atoms with E-state index in [0.29, 0.717) is 12.5 Å². The summed E-state index contributed by atoms with van der Waals surface area (Å²) in [6.45, 7) is 12.1. The van der Waals surface area contributed by atoms with E-state index in [0.717, 1.165) is 29.0 Å². The summed E-state index contributed by atoms with van der Waals surface area (Å²) in [6, 6.07) is 14.8. The van der Waals surface area contributed by atoms with Gasteiger partial charge in [-0.15, -0.1) is 0 Å². The number of rotatable bonds is 8. The molecule has 4 nitrogen and oxygen atoms in total. The molecule has 1 fully saturated rings. The third-order valence-corrected chi connectivity index (χ3v) is 5.81. The highest BCUT2D eigenvalue weighted by Gasteiger charge is 2.17. The van der Waals surface area contributed by atoms with Gasteiger partial charge < -0.3 is 10.1 Å². The quantitative estimate of drug-likeness (QED) is 0.654. The Hall–Kier alpha value is -2.33. The minimum absolute atomic E-state index is 0.0939. The normalized spacial score (nSPS) is 15.8. The molecule has 0 unspecified atom stereocenters. The van der Waals surface area contributed by atoms with Gasteiger partial charge in [0, 0.05) is 13.1 Å². The lowest BCUT2D eigenvalue weighted by Gasteiger charge is -2.26. The summed E-state index contributed by atoms with van der Waals surface area (Å²) in [5.41, 5.74) is 4.71. The zero-order valence-corrected chi connectivity index (χ0v) is 18.9. The number of likely N-dealkylation sites (tertiary alicyclic amines) is 1. The summed E-state index contributed by atoms with van der Waals surface area (Å²) in [5, 5.41) is 3.01. The van der Waals surface area contributed by atoms with Crippen molar-refractivity contribution in [2.24, 2.45) is 0 Å². The van der Waals surface area contributed by atoms with Gasteiger partial charge in [0.05, 0.1) is 0 Å². The second-order valence-corrected chi connectivity index (χ2v) is 8.83. The first-order valence-electron chi connectivity index (χ1n) is 11.3. The van der Waals surface area contributed by atoms with Gasteiger partial charge in [0.25, 0.3) is 5.91 Å². The van der Waals surface area contributed by atoms with E-state index in [9.17, 15) is 4.79 Å². The molecule has 0 saturated carbocycles. The monoisotopic (exact) mass is 408 g/mol. The van der Waals surface area contributed by atoms with E-state index in [-0.39, 0.29) is 5.91 Å². The van der Waals surface area contributed by atoms with Crippen LogP contribution in [-0.2, 0) is 17.9 Å². The summed E-state index contributed by atoms with van der Waals surface area (Å²) in [5.74, 6) is 1.05. The standard InChI is InChI=1S/C26H36N2O2/c1-19(2)24-13-8-20(3)16-25(24)30-21(4)26(29)27-17-22-9-11-23(12-10-22)18-28-14-6-5-7-15-28/h8-13,16,19,21H,5-7,14-15,17-18H2,1-4H3,(H,27,29)/t21-/m0/s1. The third-order valence-electron chi connectivity index (χ3n) is 5.81. The number of hydrogen-bond donors (Lipinski definition) is 1. The van der Waals surface area contributed by atoms with E-state index in [1.54, 1.807) is 0 Å². The SMILES string of the molecule is Cc1ccc(C(C)C)c(O[C@@H](C)C(=O)NCc2ccc(CN3CCCCC3)cc2)c1. The maximum Gasteiger partial charge on any atom is 0.261 e. The van der Waals surface area contributed by atoms with Crippen LogP contribution in [0.3, 0.4) is 0 Å². The predicted octanol–water partition coefficient (Wildman–Crippen LogP) is 5.19. The van der Waals surface area contributed by atoms with Crippen molar-refractivity contribution in [1.82, 2.24) is 10.2 Å². The Morgan fingerprint density at radius 2 is 1.67 bits per heavy atom. The first-order valence-corrected chi connectivity index (χ1v) is 11.3. The molecule has 2 aromatic rings. The number of carbonyl (C=O) groups excluding carboxylic acids is 1. The molecule has 0 bridgehead atoms. The van der Waals surface area contributed by atoms with Gasteiger partial charge in [0.1, 0.15) is 5.75 Å². The molecule has 0 aromatic heterocycles. The molecule has 2 aromatic carbocycles. The number of carbonyl (C=O) groups is 1. The number of amides is 1. The van der Waals surface area contributed by atoms with E-state index >= 15 is 0 Å². The van der Waals surface area contributed by atoms with Crippen LogP contribution >= 0.6 is 0 Å². The summed E-state index contributed by atoms with van der Waals surface area (Å²) in [7, 11) is 0. The molecule has 162 valence electrons. The Morgan fingerprint density at radius 3 is 2.33 bits per heavy atom. The molecule has 1 aliphatic heterocycles. The molecular formula is C26H36N2O2. The molecule has 0 spiro atoms. The number of ether oxygens (including phenoxy) is 1. The molecule has 3 rings (SSSR count). The van der Waals surface area contributed by atoms with Crippen LogP contribution < -0.4 is 10.1 Å². The largest absolute Gasteiger partial charge is 0.481 e. The fourth-order valence-corrected chi connectivity index (χ4v) is 3.94. The van der Waals surface area contributed by atoms with Gasteiger partial charge in [-0.25, -0.2) is 0 Å². The summed E-state index contributed by atoms with van der Waals surface area (Å²) < 4.78 is 6.02. The zero-order chi connectivity index (χ0) is 21.5. The van der Waals surface area contributed by atoms with E-state index in [1.807, 2.05) is 19.9 Å². The summed E-state index contributed by atoms with van der Waals surface area (Å²) >= 11 is 0. The minimum Gasteiger partial charge on any atom is -0.481 e. The summed E-state index contributed by atoms with van der Waals surface area (Å²) in [6.07, 6.45) is 3.44. The van der Waals surface area contributed by atoms with Gasteiger partial charge in [0.15, 0.2) is 6.10 Å². The van der Waals surface area contributed by atoms with Crippen molar-refractivity contribution in [1.29, 1.82) is 0 Å². The number of hydrogen-bond acceptors (Lipinski definition) is 3. The van der Waals surface area contributed by atoms with Crippen molar-refractivity contribution in [2.75, 3.05) is 13.1 Å². The number of piperidine rings is 1. The van der Waals surface area contributed by atoms with Crippen molar-refractivity contribution in [3.05, 3.63) is 64.7 Å². The van der Waals surface area contributed by atoms with E-state index in [1.165, 1.54) is 37.9 Å². The Labute approximate surface area is 181 Å². The smallest absolute Gasteiger partial charge is 0.261 e. The van der Waals surface area contributed by atoms with Crippen LogP contribution in [0.25, 0.3) is 0 Å². The van der Waals surface area contributed by atoms with Crippen LogP contribution in [0, 0.1) is 6.92 Å². The van der Waals surface area contributed by atoms with Gasteiger partial charge >= 0.3 is 0 Å². The average Bonchev–Trinajstić information content (AvgIpc) is 2.73. The van der Waals surface area contributed by atoms with Crippen LogP contribution in [0.4, 0.5) is 0 Å². The van der Waals surface area contributed by atoms with Crippen LogP contribution in [0.1, 0.15) is 68.2 Å². The Morgan fingerprint density at radius 1 is 1.00 bits per heavy atom. The van der Waals surface area contributed by atoms with Gasteiger partial charge in [0.2, 0.25) is 0 Å². The fourth-order valence-electron chi connectivity index (χ4n) is 3.94. The molecule has 4 heteroatoms. The first-order chi connectivity index (χ1) is 14.4. The molecule has 30 heavy (non-hydrogen) atoms. The van der Waals surface area contributed by atoms with Crippen molar-refractivity contribution in [3.8, 4) is 5.75 Å². The Bertz CT molecular complexity index is 823. The average molecular weight is 409 g/mol.